The summed E-state index contributed by atoms with van der Waals surface area (Å²) in [6, 6.07) is 7.24. The number of amides is 2. The van der Waals surface area contributed by atoms with Crippen LogP contribution in [0, 0.1) is 12.8 Å². The van der Waals surface area contributed by atoms with E-state index in [-0.39, 0.29) is 23.8 Å². The van der Waals surface area contributed by atoms with Gasteiger partial charge < -0.3 is 19.9 Å². The molecule has 27 heavy (non-hydrogen) atoms. The van der Waals surface area contributed by atoms with Crippen LogP contribution in [-0.4, -0.2) is 41.5 Å². The molecule has 4 rings (SSSR count). The minimum absolute atomic E-state index is 0.0283. The number of anilines is 1. The first-order chi connectivity index (χ1) is 13.0. The monoisotopic (exact) mass is 368 g/mol. The summed E-state index contributed by atoms with van der Waals surface area (Å²) < 4.78 is 5.16. The summed E-state index contributed by atoms with van der Waals surface area (Å²) in [6.45, 7) is 2.43. The Balaban J connectivity index is 1.37. The standard InChI is InChI=1S/C20H24N4O3/c1-12-21-17-8-3-13(9-18(17)22-12)20(26)23-14-10-19(25)24(11-14)15-4-6-16(27-2)7-5-15/h4-7,13-14H,3,8-11H2,1-2H3,(H,21,22)(H,23,26)/t13-,14+/m1/s1. The molecule has 1 aliphatic carbocycles. The summed E-state index contributed by atoms with van der Waals surface area (Å²) >= 11 is 0. The van der Waals surface area contributed by atoms with Gasteiger partial charge >= 0.3 is 0 Å². The third-order valence-corrected chi connectivity index (χ3v) is 5.39. The molecule has 0 spiro atoms. The first-order valence-corrected chi connectivity index (χ1v) is 9.32. The predicted molar refractivity (Wildman–Crippen MR) is 101 cm³/mol. The number of aryl methyl sites for hydroxylation is 2. The van der Waals surface area contributed by atoms with Gasteiger partial charge in [-0.1, -0.05) is 0 Å². The molecular formula is C20H24N4O3. The van der Waals surface area contributed by atoms with E-state index in [2.05, 4.69) is 15.3 Å². The number of H-pyrrole nitrogens is 1. The van der Waals surface area contributed by atoms with E-state index < -0.39 is 0 Å². The lowest BCUT2D eigenvalue weighted by molar-refractivity contribution is -0.126. The Bertz CT molecular complexity index is 859. The van der Waals surface area contributed by atoms with Crippen molar-refractivity contribution in [1.82, 2.24) is 15.3 Å². The van der Waals surface area contributed by atoms with Crippen LogP contribution in [0.3, 0.4) is 0 Å². The Morgan fingerprint density at radius 2 is 2.07 bits per heavy atom. The molecule has 142 valence electrons. The number of hydrogen-bond donors (Lipinski definition) is 2. The van der Waals surface area contributed by atoms with Gasteiger partial charge in [0, 0.05) is 36.7 Å². The van der Waals surface area contributed by atoms with Gasteiger partial charge in [-0.05, 0) is 44.0 Å². The zero-order chi connectivity index (χ0) is 19.0. The number of benzene rings is 1. The third-order valence-electron chi connectivity index (χ3n) is 5.39. The number of methoxy groups -OCH3 is 1. The van der Waals surface area contributed by atoms with Gasteiger partial charge in [0.1, 0.15) is 11.6 Å². The van der Waals surface area contributed by atoms with E-state index in [1.165, 1.54) is 0 Å². The molecule has 2 atom stereocenters. The fraction of sp³-hybridized carbons (Fsp3) is 0.450. The van der Waals surface area contributed by atoms with E-state index in [1.807, 2.05) is 31.2 Å². The van der Waals surface area contributed by atoms with Crippen LogP contribution >= 0.6 is 0 Å². The van der Waals surface area contributed by atoms with Crippen LogP contribution in [0.2, 0.25) is 0 Å². The molecule has 7 heteroatoms. The minimum Gasteiger partial charge on any atom is -0.497 e. The molecule has 1 aromatic carbocycles. The summed E-state index contributed by atoms with van der Waals surface area (Å²) in [5, 5.41) is 3.08. The molecular weight excluding hydrogens is 344 g/mol. The lowest BCUT2D eigenvalue weighted by atomic mass is 9.89. The van der Waals surface area contributed by atoms with Crippen molar-refractivity contribution in [2.75, 3.05) is 18.6 Å². The van der Waals surface area contributed by atoms with Crippen molar-refractivity contribution in [1.29, 1.82) is 0 Å². The second-order valence-corrected chi connectivity index (χ2v) is 7.30. The highest BCUT2D eigenvalue weighted by molar-refractivity contribution is 5.97. The third kappa shape index (κ3) is 3.54. The van der Waals surface area contributed by atoms with Crippen molar-refractivity contribution in [3.63, 3.8) is 0 Å². The molecule has 0 unspecified atom stereocenters. The Labute approximate surface area is 158 Å². The van der Waals surface area contributed by atoms with Crippen LogP contribution in [0.5, 0.6) is 5.75 Å². The average Bonchev–Trinajstić information content (AvgIpc) is 3.22. The highest BCUT2D eigenvalue weighted by atomic mass is 16.5. The van der Waals surface area contributed by atoms with Crippen LogP contribution in [0.25, 0.3) is 0 Å². The van der Waals surface area contributed by atoms with Crippen LogP contribution in [-0.2, 0) is 22.4 Å². The molecule has 1 aliphatic heterocycles. The van der Waals surface area contributed by atoms with E-state index in [9.17, 15) is 9.59 Å². The molecule has 1 saturated heterocycles. The molecule has 0 bridgehead atoms. The maximum absolute atomic E-state index is 12.7. The number of nitrogens with zero attached hydrogens (tertiary/aromatic N) is 2. The zero-order valence-electron chi connectivity index (χ0n) is 15.6. The molecule has 2 heterocycles. The number of aromatic nitrogens is 2. The summed E-state index contributed by atoms with van der Waals surface area (Å²) in [5.74, 6) is 1.64. The maximum Gasteiger partial charge on any atom is 0.229 e. The number of aromatic amines is 1. The second kappa shape index (κ2) is 7.06. The molecule has 0 saturated carbocycles. The fourth-order valence-corrected chi connectivity index (χ4v) is 3.98. The fourth-order valence-electron chi connectivity index (χ4n) is 3.98. The first kappa shape index (κ1) is 17.6. The lowest BCUT2D eigenvalue weighted by Gasteiger charge is -2.23. The molecule has 1 fully saturated rings. The molecule has 7 nitrogen and oxygen atoms in total. The lowest BCUT2D eigenvalue weighted by Crippen LogP contribution is -2.42. The number of imidazole rings is 1. The SMILES string of the molecule is COc1ccc(N2C[C@@H](NC(=O)[C@@H]3CCc4nc(C)[nH]c4C3)CC2=O)cc1. The van der Waals surface area contributed by atoms with Crippen LogP contribution in [0.4, 0.5) is 5.69 Å². The summed E-state index contributed by atoms with van der Waals surface area (Å²) in [6.07, 6.45) is 2.63. The molecule has 0 radical (unpaired) electrons. The molecule has 2 aromatic rings. The van der Waals surface area contributed by atoms with Crippen molar-refractivity contribution in [2.24, 2.45) is 5.92 Å². The largest absolute Gasteiger partial charge is 0.497 e. The number of hydrogen-bond acceptors (Lipinski definition) is 4. The van der Waals surface area contributed by atoms with Crippen LogP contribution in [0.1, 0.15) is 30.1 Å². The molecule has 2 aliphatic rings. The highest BCUT2D eigenvalue weighted by Crippen LogP contribution is 2.26. The van der Waals surface area contributed by atoms with Crippen molar-refractivity contribution in [3.05, 3.63) is 41.5 Å². The van der Waals surface area contributed by atoms with Gasteiger partial charge in [0.05, 0.1) is 18.8 Å². The topological polar surface area (TPSA) is 87.3 Å². The zero-order valence-corrected chi connectivity index (χ0v) is 15.6. The first-order valence-electron chi connectivity index (χ1n) is 9.32. The summed E-state index contributed by atoms with van der Waals surface area (Å²) in [7, 11) is 1.61. The van der Waals surface area contributed by atoms with Gasteiger partial charge in [-0.3, -0.25) is 9.59 Å². The van der Waals surface area contributed by atoms with Gasteiger partial charge in [-0.15, -0.1) is 0 Å². The van der Waals surface area contributed by atoms with Gasteiger partial charge in [0.15, 0.2) is 0 Å². The minimum atomic E-state index is -0.156. The van der Waals surface area contributed by atoms with Crippen molar-refractivity contribution in [3.8, 4) is 5.75 Å². The normalized spacial score (nSPS) is 21.9. The van der Waals surface area contributed by atoms with E-state index >= 15 is 0 Å². The van der Waals surface area contributed by atoms with Gasteiger partial charge in [0.2, 0.25) is 11.8 Å². The number of nitrogens with one attached hydrogen (secondary N) is 2. The highest BCUT2D eigenvalue weighted by Gasteiger charge is 2.34. The van der Waals surface area contributed by atoms with Crippen LogP contribution in [0.15, 0.2) is 24.3 Å². The maximum atomic E-state index is 12.7. The predicted octanol–water partition coefficient (Wildman–Crippen LogP) is 1.75. The molecule has 1 aromatic heterocycles. The Morgan fingerprint density at radius 3 is 2.81 bits per heavy atom. The Hall–Kier alpha value is -2.83. The van der Waals surface area contributed by atoms with Crippen LogP contribution < -0.4 is 15.0 Å². The van der Waals surface area contributed by atoms with Gasteiger partial charge in [-0.2, -0.15) is 0 Å². The number of ether oxygens (including phenoxy) is 1. The van der Waals surface area contributed by atoms with E-state index in [0.717, 1.165) is 41.5 Å². The van der Waals surface area contributed by atoms with Gasteiger partial charge in [-0.25, -0.2) is 4.98 Å². The van der Waals surface area contributed by atoms with Crippen molar-refractivity contribution < 1.29 is 14.3 Å². The average molecular weight is 368 g/mol. The van der Waals surface area contributed by atoms with E-state index in [4.69, 9.17) is 4.74 Å². The van der Waals surface area contributed by atoms with Crippen molar-refractivity contribution >= 4 is 17.5 Å². The van der Waals surface area contributed by atoms with Crippen molar-refractivity contribution in [2.45, 2.75) is 38.6 Å². The molecule has 2 amide bonds. The summed E-state index contributed by atoms with van der Waals surface area (Å²) in [5.41, 5.74) is 2.98. The Morgan fingerprint density at radius 1 is 1.30 bits per heavy atom. The van der Waals surface area contributed by atoms with E-state index in [0.29, 0.717) is 19.4 Å². The second-order valence-electron chi connectivity index (χ2n) is 7.30. The molecule has 2 N–H and O–H groups in total. The Kier molecular flexibility index (Phi) is 4.59. The number of carbonyl (C=O) groups is 2. The van der Waals surface area contributed by atoms with E-state index in [1.54, 1.807) is 12.0 Å². The smallest absolute Gasteiger partial charge is 0.229 e. The number of fused-ring (bicyclic) bond motifs is 1. The summed E-state index contributed by atoms with van der Waals surface area (Å²) in [4.78, 5) is 34.6. The number of carbonyl (C=O) groups excluding carboxylic acids is 2. The van der Waals surface area contributed by atoms with Gasteiger partial charge in [0.25, 0.3) is 0 Å². The number of rotatable bonds is 4. The quantitative estimate of drug-likeness (QED) is 0.861.